The predicted octanol–water partition coefficient (Wildman–Crippen LogP) is 2.90. The van der Waals surface area contributed by atoms with Gasteiger partial charge in [-0.1, -0.05) is 26.7 Å². The van der Waals surface area contributed by atoms with Gasteiger partial charge < -0.3 is 5.32 Å². The number of rotatable bonds is 3. The summed E-state index contributed by atoms with van der Waals surface area (Å²) in [6, 6.07) is 1.07. The predicted molar refractivity (Wildman–Crippen MR) is 70.7 cm³/mol. The Morgan fingerprint density at radius 2 is 2.18 bits per heavy atom. The average molecular weight is 235 g/mol. The lowest BCUT2D eigenvalue weighted by molar-refractivity contribution is 0.196. The van der Waals surface area contributed by atoms with Crippen LogP contribution in [-0.4, -0.2) is 15.8 Å². The summed E-state index contributed by atoms with van der Waals surface area (Å²) in [6.45, 7) is 7.01. The molecule has 0 amide bonds. The SMILES string of the molecule is CC(NC1CCCC(C)C1C)c1cnn(C)c1. The summed E-state index contributed by atoms with van der Waals surface area (Å²) in [6.07, 6.45) is 8.14. The summed E-state index contributed by atoms with van der Waals surface area (Å²) in [4.78, 5) is 0. The second kappa shape index (κ2) is 5.21. The molecule has 17 heavy (non-hydrogen) atoms. The fourth-order valence-electron chi connectivity index (χ4n) is 2.90. The van der Waals surface area contributed by atoms with Crippen LogP contribution in [0.1, 0.15) is 51.6 Å². The molecule has 3 nitrogen and oxygen atoms in total. The standard InChI is InChI=1S/C14H25N3/c1-10-6-5-7-14(11(10)2)16-12(3)13-8-15-17(4)9-13/h8-12,14,16H,5-7H2,1-4H3. The van der Waals surface area contributed by atoms with Gasteiger partial charge in [-0.25, -0.2) is 0 Å². The van der Waals surface area contributed by atoms with Crippen LogP contribution >= 0.6 is 0 Å². The molecule has 0 aromatic carbocycles. The number of hydrogen-bond acceptors (Lipinski definition) is 2. The Labute approximate surface area is 105 Å². The van der Waals surface area contributed by atoms with E-state index < -0.39 is 0 Å². The minimum absolute atomic E-state index is 0.404. The highest BCUT2D eigenvalue weighted by Crippen LogP contribution is 2.30. The molecule has 1 aromatic rings. The van der Waals surface area contributed by atoms with Crippen molar-refractivity contribution in [1.29, 1.82) is 0 Å². The number of nitrogens with zero attached hydrogens (tertiary/aromatic N) is 2. The highest BCUT2D eigenvalue weighted by atomic mass is 15.2. The lowest BCUT2D eigenvalue weighted by Crippen LogP contribution is -2.41. The molecule has 0 saturated heterocycles. The van der Waals surface area contributed by atoms with Crippen LogP contribution in [0.5, 0.6) is 0 Å². The molecule has 0 spiro atoms. The number of aromatic nitrogens is 2. The molecule has 1 aliphatic carbocycles. The Kier molecular flexibility index (Phi) is 3.87. The molecule has 1 aromatic heterocycles. The van der Waals surface area contributed by atoms with Gasteiger partial charge >= 0.3 is 0 Å². The molecule has 1 saturated carbocycles. The number of hydrogen-bond donors (Lipinski definition) is 1. The van der Waals surface area contributed by atoms with Crippen molar-refractivity contribution in [2.45, 2.75) is 52.1 Å². The Balaban J connectivity index is 1.96. The molecule has 3 heteroatoms. The van der Waals surface area contributed by atoms with E-state index in [-0.39, 0.29) is 0 Å². The van der Waals surface area contributed by atoms with Crippen molar-refractivity contribution in [1.82, 2.24) is 15.1 Å². The fourth-order valence-corrected chi connectivity index (χ4v) is 2.90. The third kappa shape index (κ3) is 2.89. The van der Waals surface area contributed by atoms with Crippen LogP contribution in [0, 0.1) is 11.8 Å². The van der Waals surface area contributed by atoms with Gasteiger partial charge in [0.25, 0.3) is 0 Å². The van der Waals surface area contributed by atoms with Crippen molar-refractivity contribution >= 4 is 0 Å². The van der Waals surface area contributed by atoms with E-state index in [1.165, 1.54) is 24.8 Å². The van der Waals surface area contributed by atoms with Gasteiger partial charge in [0.05, 0.1) is 6.20 Å². The maximum absolute atomic E-state index is 4.24. The fraction of sp³-hybridized carbons (Fsp3) is 0.786. The van der Waals surface area contributed by atoms with Crippen LogP contribution in [-0.2, 0) is 7.05 Å². The second-order valence-electron chi connectivity index (χ2n) is 5.71. The van der Waals surface area contributed by atoms with Crippen LogP contribution in [0.3, 0.4) is 0 Å². The zero-order chi connectivity index (χ0) is 12.4. The molecular weight excluding hydrogens is 210 g/mol. The van der Waals surface area contributed by atoms with Gasteiger partial charge in [-0.3, -0.25) is 4.68 Å². The molecule has 1 heterocycles. The summed E-state index contributed by atoms with van der Waals surface area (Å²) < 4.78 is 1.88. The molecule has 1 aliphatic rings. The van der Waals surface area contributed by atoms with Gasteiger partial charge in [0.2, 0.25) is 0 Å². The zero-order valence-corrected chi connectivity index (χ0v) is 11.5. The first-order valence-corrected chi connectivity index (χ1v) is 6.82. The molecule has 0 aliphatic heterocycles. The van der Waals surface area contributed by atoms with Gasteiger partial charge in [0.15, 0.2) is 0 Å². The summed E-state index contributed by atoms with van der Waals surface area (Å²) in [5.74, 6) is 1.63. The Hall–Kier alpha value is -0.830. The first kappa shape index (κ1) is 12.6. The van der Waals surface area contributed by atoms with Crippen LogP contribution in [0.15, 0.2) is 12.4 Å². The second-order valence-corrected chi connectivity index (χ2v) is 5.71. The molecule has 4 unspecified atom stereocenters. The van der Waals surface area contributed by atoms with Crippen LogP contribution in [0.25, 0.3) is 0 Å². The maximum atomic E-state index is 4.24. The summed E-state index contributed by atoms with van der Waals surface area (Å²) in [7, 11) is 1.97. The normalized spacial score (nSPS) is 31.4. The summed E-state index contributed by atoms with van der Waals surface area (Å²) in [5, 5.41) is 8.02. The van der Waals surface area contributed by atoms with Gasteiger partial charge in [0, 0.05) is 30.9 Å². The molecule has 1 fully saturated rings. The highest BCUT2D eigenvalue weighted by molar-refractivity contribution is 5.09. The Bertz CT molecular complexity index is 358. The maximum Gasteiger partial charge on any atom is 0.0537 e. The lowest BCUT2D eigenvalue weighted by Gasteiger charge is -2.36. The number of nitrogens with one attached hydrogen (secondary N) is 1. The molecule has 96 valence electrons. The smallest absolute Gasteiger partial charge is 0.0537 e. The van der Waals surface area contributed by atoms with Crippen LogP contribution in [0.4, 0.5) is 0 Å². The third-order valence-electron chi connectivity index (χ3n) is 4.40. The first-order chi connectivity index (χ1) is 8.08. The van der Waals surface area contributed by atoms with Crippen molar-refractivity contribution in [3.8, 4) is 0 Å². The van der Waals surface area contributed by atoms with E-state index in [0.717, 1.165) is 11.8 Å². The summed E-state index contributed by atoms with van der Waals surface area (Å²) >= 11 is 0. The van der Waals surface area contributed by atoms with Crippen molar-refractivity contribution in [3.05, 3.63) is 18.0 Å². The van der Waals surface area contributed by atoms with Crippen LogP contribution in [0.2, 0.25) is 0 Å². The first-order valence-electron chi connectivity index (χ1n) is 6.82. The van der Waals surface area contributed by atoms with Gasteiger partial charge in [-0.05, 0) is 25.2 Å². The molecule has 4 atom stereocenters. The van der Waals surface area contributed by atoms with Crippen molar-refractivity contribution in [2.24, 2.45) is 18.9 Å². The van der Waals surface area contributed by atoms with E-state index in [1.807, 2.05) is 17.9 Å². The molecule has 0 radical (unpaired) electrons. The lowest BCUT2D eigenvalue weighted by atomic mass is 9.78. The van der Waals surface area contributed by atoms with Crippen molar-refractivity contribution in [2.75, 3.05) is 0 Å². The van der Waals surface area contributed by atoms with E-state index in [0.29, 0.717) is 12.1 Å². The molecule has 1 N–H and O–H groups in total. The van der Waals surface area contributed by atoms with Crippen molar-refractivity contribution in [3.63, 3.8) is 0 Å². The highest BCUT2D eigenvalue weighted by Gasteiger charge is 2.28. The quantitative estimate of drug-likeness (QED) is 0.873. The molecular formula is C14H25N3. The van der Waals surface area contributed by atoms with Gasteiger partial charge in [-0.15, -0.1) is 0 Å². The van der Waals surface area contributed by atoms with E-state index in [4.69, 9.17) is 0 Å². The molecule has 2 rings (SSSR count). The third-order valence-corrected chi connectivity index (χ3v) is 4.40. The van der Waals surface area contributed by atoms with E-state index in [9.17, 15) is 0 Å². The zero-order valence-electron chi connectivity index (χ0n) is 11.5. The monoisotopic (exact) mass is 235 g/mol. The average Bonchev–Trinajstić information content (AvgIpc) is 2.72. The molecule has 0 bridgehead atoms. The minimum atomic E-state index is 0.404. The summed E-state index contributed by atoms with van der Waals surface area (Å²) in [5.41, 5.74) is 1.29. The topological polar surface area (TPSA) is 29.9 Å². The number of aryl methyl sites for hydroxylation is 1. The van der Waals surface area contributed by atoms with E-state index in [1.54, 1.807) is 0 Å². The minimum Gasteiger partial charge on any atom is -0.307 e. The van der Waals surface area contributed by atoms with Crippen LogP contribution < -0.4 is 5.32 Å². The van der Waals surface area contributed by atoms with Gasteiger partial charge in [-0.2, -0.15) is 5.10 Å². The van der Waals surface area contributed by atoms with E-state index >= 15 is 0 Å². The van der Waals surface area contributed by atoms with E-state index in [2.05, 4.69) is 37.4 Å². The largest absolute Gasteiger partial charge is 0.307 e. The Morgan fingerprint density at radius 1 is 1.41 bits per heavy atom. The van der Waals surface area contributed by atoms with Gasteiger partial charge in [0.1, 0.15) is 0 Å². The van der Waals surface area contributed by atoms with Crippen molar-refractivity contribution < 1.29 is 0 Å². The Morgan fingerprint density at radius 3 is 2.82 bits per heavy atom.